The summed E-state index contributed by atoms with van der Waals surface area (Å²) in [7, 11) is 1.64. The van der Waals surface area contributed by atoms with Crippen LogP contribution in [-0.2, 0) is 16.0 Å². The molecule has 3 rings (SSSR count). The Kier molecular flexibility index (Phi) is 5.96. The SMILES string of the molecule is COCCCNC(=O)CCc1c(-c2ccc(F)cc2)nc2ccccn12. The van der Waals surface area contributed by atoms with Gasteiger partial charge in [0.15, 0.2) is 0 Å². The first-order valence-electron chi connectivity index (χ1n) is 8.66. The van der Waals surface area contributed by atoms with Crippen LogP contribution in [0.3, 0.4) is 0 Å². The third-order valence-corrected chi connectivity index (χ3v) is 4.18. The molecule has 0 aliphatic carbocycles. The molecule has 0 saturated carbocycles. The molecular weight excluding hydrogens is 333 g/mol. The van der Waals surface area contributed by atoms with Crippen LogP contribution >= 0.6 is 0 Å². The van der Waals surface area contributed by atoms with Gasteiger partial charge in [-0.3, -0.25) is 4.79 Å². The summed E-state index contributed by atoms with van der Waals surface area (Å²) in [6, 6.07) is 12.0. The van der Waals surface area contributed by atoms with Gasteiger partial charge in [-0.25, -0.2) is 9.37 Å². The number of imidazole rings is 1. The van der Waals surface area contributed by atoms with Crippen molar-refractivity contribution in [3.8, 4) is 11.3 Å². The van der Waals surface area contributed by atoms with Gasteiger partial charge in [0.2, 0.25) is 5.91 Å². The zero-order valence-corrected chi connectivity index (χ0v) is 14.7. The van der Waals surface area contributed by atoms with E-state index in [1.165, 1.54) is 12.1 Å². The van der Waals surface area contributed by atoms with Crippen molar-refractivity contribution >= 4 is 11.6 Å². The van der Waals surface area contributed by atoms with E-state index in [2.05, 4.69) is 10.3 Å². The zero-order chi connectivity index (χ0) is 18.4. The van der Waals surface area contributed by atoms with Gasteiger partial charge in [-0.1, -0.05) is 6.07 Å². The number of carbonyl (C=O) groups excluding carboxylic acids is 1. The van der Waals surface area contributed by atoms with Gasteiger partial charge >= 0.3 is 0 Å². The van der Waals surface area contributed by atoms with E-state index in [4.69, 9.17) is 4.74 Å². The van der Waals surface area contributed by atoms with Gasteiger partial charge < -0.3 is 14.5 Å². The Labute approximate surface area is 151 Å². The number of nitrogens with zero attached hydrogens (tertiary/aromatic N) is 2. The van der Waals surface area contributed by atoms with E-state index >= 15 is 0 Å². The molecule has 0 bridgehead atoms. The van der Waals surface area contributed by atoms with Crippen LogP contribution in [0, 0.1) is 5.82 Å². The lowest BCUT2D eigenvalue weighted by Gasteiger charge is -2.07. The molecule has 3 aromatic rings. The molecule has 0 fully saturated rings. The number of rotatable bonds is 8. The Morgan fingerprint density at radius 1 is 1.23 bits per heavy atom. The Balaban J connectivity index is 1.79. The number of pyridine rings is 1. The summed E-state index contributed by atoms with van der Waals surface area (Å²) >= 11 is 0. The first kappa shape index (κ1) is 18.1. The van der Waals surface area contributed by atoms with Crippen molar-refractivity contribution in [3.63, 3.8) is 0 Å². The van der Waals surface area contributed by atoms with E-state index in [0.29, 0.717) is 26.0 Å². The molecule has 1 amide bonds. The van der Waals surface area contributed by atoms with Crippen LogP contribution in [0.4, 0.5) is 4.39 Å². The molecule has 6 heteroatoms. The van der Waals surface area contributed by atoms with Crippen molar-refractivity contribution in [1.29, 1.82) is 0 Å². The Bertz CT molecular complexity index is 874. The fourth-order valence-corrected chi connectivity index (χ4v) is 2.89. The van der Waals surface area contributed by atoms with Crippen LogP contribution < -0.4 is 5.32 Å². The van der Waals surface area contributed by atoms with E-state index in [1.54, 1.807) is 19.2 Å². The smallest absolute Gasteiger partial charge is 0.220 e. The highest BCUT2D eigenvalue weighted by Gasteiger charge is 2.15. The number of halogens is 1. The second kappa shape index (κ2) is 8.58. The number of fused-ring (bicyclic) bond motifs is 1. The van der Waals surface area contributed by atoms with Gasteiger partial charge in [-0.05, 0) is 49.2 Å². The van der Waals surface area contributed by atoms with Crippen LogP contribution in [0.2, 0.25) is 0 Å². The summed E-state index contributed by atoms with van der Waals surface area (Å²) in [4.78, 5) is 16.8. The normalized spacial score (nSPS) is 11.0. The highest BCUT2D eigenvalue weighted by Crippen LogP contribution is 2.25. The minimum absolute atomic E-state index is 0.00274. The van der Waals surface area contributed by atoms with Crippen LogP contribution in [0.25, 0.3) is 16.9 Å². The molecule has 5 nitrogen and oxygen atoms in total. The Morgan fingerprint density at radius 3 is 2.81 bits per heavy atom. The summed E-state index contributed by atoms with van der Waals surface area (Å²) in [6.07, 6.45) is 3.64. The predicted octanol–water partition coefficient (Wildman–Crippen LogP) is 3.23. The molecule has 0 aliphatic rings. The maximum Gasteiger partial charge on any atom is 0.220 e. The van der Waals surface area contributed by atoms with Crippen molar-refractivity contribution in [2.24, 2.45) is 0 Å². The average molecular weight is 355 g/mol. The third-order valence-electron chi connectivity index (χ3n) is 4.18. The molecule has 2 aromatic heterocycles. The zero-order valence-electron chi connectivity index (χ0n) is 14.7. The number of ether oxygens (including phenoxy) is 1. The number of aryl methyl sites for hydroxylation is 1. The lowest BCUT2D eigenvalue weighted by Crippen LogP contribution is -2.25. The number of aromatic nitrogens is 2. The molecule has 0 spiro atoms. The van der Waals surface area contributed by atoms with E-state index in [9.17, 15) is 9.18 Å². The molecule has 0 aliphatic heterocycles. The van der Waals surface area contributed by atoms with E-state index in [0.717, 1.165) is 29.0 Å². The summed E-state index contributed by atoms with van der Waals surface area (Å²) in [5.74, 6) is -0.286. The highest BCUT2D eigenvalue weighted by atomic mass is 19.1. The minimum Gasteiger partial charge on any atom is -0.385 e. The first-order chi connectivity index (χ1) is 12.7. The molecular formula is C20H22FN3O2. The molecule has 1 N–H and O–H groups in total. The second-order valence-electron chi connectivity index (χ2n) is 6.04. The van der Waals surface area contributed by atoms with Gasteiger partial charge in [0.1, 0.15) is 11.5 Å². The van der Waals surface area contributed by atoms with Gasteiger partial charge in [-0.2, -0.15) is 0 Å². The fourth-order valence-electron chi connectivity index (χ4n) is 2.89. The van der Waals surface area contributed by atoms with Crippen LogP contribution in [0.5, 0.6) is 0 Å². The molecule has 0 unspecified atom stereocenters. The van der Waals surface area contributed by atoms with Crippen LogP contribution in [0.1, 0.15) is 18.5 Å². The average Bonchev–Trinajstić information content (AvgIpc) is 3.03. The molecule has 26 heavy (non-hydrogen) atoms. The first-order valence-corrected chi connectivity index (χ1v) is 8.66. The molecule has 1 aromatic carbocycles. The Hall–Kier alpha value is -2.73. The number of nitrogens with one attached hydrogen (secondary N) is 1. The van der Waals surface area contributed by atoms with E-state index in [1.807, 2.05) is 28.8 Å². The van der Waals surface area contributed by atoms with Crippen LogP contribution in [-0.4, -0.2) is 35.6 Å². The van der Waals surface area contributed by atoms with Crippen molar-refractivity contribution in [2.75, 3.05) is 20.3 Å². The van der Waals surface area contributed by atoms with Crippen LogP contribution in [0.15, 0.2) is 48.7 Å². The minimum atomic E-state index is -0.283. The van der Waals surface area contributed by atoms with Gasteiger partial charge in [-0.15, -0.1) is 0 Å². The lowest BCUT2D eigenvalue weighted by molar-refractivity contribution is -0.121. The molecule has 0 saturated heterocycles. The van der Waals surface area contributed by atoms with E-state index in [-0.39, 0.29) is 11.7 Å². The number of benzene rings is 1. The second-order valence-corrected chi connectivity index (χ2v) is 6.04. The largest absolute Gasteiger partial charge is 0.385 e. The van der Waals surface area contributed by atoms with E-state index < -0.39 is 0 Å². The van der Waals surface area contributed by atoms with Crippen molar-refractivity contribution in [3.05, 3.63) is 60.2 Å². The maximum absolute atomic E-state index is 13.2. The summed E-state index contributed by atoms with van der Waals surface area (Å²) in [5.41, 5.74) is 3.37. The van der Waals surface area contributed by atoms with Gasteiger partial charge in [0, 0.05) is 38.4 Å². The van der Waals surface area contributed by atoms with Crippen molar-refractivity contribution < 1.29 is 13.9 Å². The number of methoxy groups -OCH3 is 1. The lowest BCUT2D eigenvalue weighted by atomic mass is 10.1. The predicted molar refractivity (Wildman–Crippen MR) is 98.4 cm³/mol. The molecule has 136 valence electrons. The number of hydrogen-bond donors (Lipinski definition) is 1. The standard InChI is InChI=1S/C20H22FN3O2/c1-26-14-4-12-22-19(25)11-10-17-20(15-6-8-16(21)9-7-15)23-18-5-2-3-13-24(17)18/h2-3,5-9,13H,4,10-12,14H2,1H3,(H,22,25). The summed E-state index contributed by atoms with van der Waals surface area (Å²) in [6.45, 7) is 1.23. The summed E-state index contributed by atoms with van der Waals surface area (Å²) < 4.78 is 20.2. The number of hydrogen-bond acceptors (Lipinski definition) is 3. The molecule has 0 radical (unpaired) electrons. The van der Waals surface area contributed by atoms with Crippen molar-refractivity contribution in [1.82, 2.24) is 14.7 Å². The topological polar surface area (TPSA) is 55.6 Å². The Morgan fingerprint density at radius 2 is 2.04 bits per heavy atom. The molecule has 0 atom stereocenters. The number of carbonyl (C=O) groups is 1. The number of amides is 1. The highest BCUT2D eigenvalue weighted by molar-refractivity contribution is 5.76. The quantitative estimate of drug-likeness (QED) is 0.631. The molecule has 2 heterocycles. The maximum atomic E-state index is 13.2. The van der Waals surface area contributed by atoms with Gasteiger partial charge in [0.05, 0.1) is 11.4 Å². The van der Waals surface area contributed by atoms with Gasteiger partial charge in [0.25, 0.3) is 0 Å². The van der Waals surface area contributed by atoms with Crippen molar-refractivity contribution in [2.45, 2.75) is 19.3 Å². The fraction of sp³-hybridized carbons (Fsp3) is 0.300. The summed E-state index contributed by atoms with van der Waals surface area (Å²) in [5, 5.41) is 2.90. The monoisotopic (exact) mass is 355 g/mol. The third kappa shape index (κ3) is 4.26.